The van der Waals surface area contributed by atoms with Crippen LogP contribution in [0.1, 0.15) is 31.2 Å². The quantitative estimate of drug-likeness (QED) is 0.876. The molecule has 0 bridgehead atoms. The van der Waals surface area contributed by atoms with Crippen LogP contribution in [0.4, 0.5) is 8.78 Å². The van der Waals surface area contributed by atoms with Crippen molar-refractivity contribution in [2.24, 2.45) is 17.6 Å². The summed E-state index contributed by atoms with van der Waals surface area (Å²) >= 11 is 0. The lowest BCUT2D eigenvalue weighted by Crippen LogP contribution is -2.37. The third-order valence-corrected chi connectivity index (χ3v) is 4.33. The van der Waals surface area contributed by atoms with E-state index in [4.69, 9.17) is 5.73 Å². The minimum atomic E-state index is -0.678. The minimum absolute atomic E-state index is 0.172. The summed E-state index contributed by atoms with van der Waals surface area (Å²) in [6.07, 6.45) is 4.22. The third kappa shape index (κ3) is 4.24. The van der Waals surface area contributed by atoms with Crippen molar-refractivity contribution in [3.05, 3.63) is 35.4 Å². The Morgan fingerprint density at radius 1 is 1.19 bits per heavy atom. The number of nitrogens with one attached hydrogen (secondary N) is 1. The fraction of sp³-hybridized carbons (Fsp3) is 0.562. The number of benzene rings is 1. The third-order valence-electron chi connectivity index (χ3n) is 4.33. The molecule has 0 radical (unpaired) electrons. The first kappa shape index (κ1) is 15.9. The topological polar surface area (TPSA) is 55.1 Å². The molecule has 3 nitrogen and oxygen atoms in total. The summed E-state index contributed by atoms with van der Waals surface area (Å²) in [5.74, 6) is -0.895. The number of hydrogen-bond acceptors (Lipinski definition) is 2. The van der Waals surface area contributed by atoms with Crippen LogP contribution in [0.5, 0.6) is 0 Å². The van der Waals surface area contributed by atoms with Crippen LogP contribution < -0.4 is 11.1 Å². The second kappa shape index (κ2) is 7.50. The molecule has 3 N–H and O–H groups in total. The summed E-state index contributed by atoms with van der Waals surface area (Å²) in [6.45, 7) is 1.17. The van der Waals surface area contributed by atoms with Crippen LogP contribution in [0, 0.1) is 23.5 Å². The molecule has 0 saturated heterocycles. The molecule has 2 rings (SSSR count). The molecule has 0 heterocycles. The number of halogens is 2. The highest BCUT2D eigenvalue weighted by molar-refractivity contribution is 5.78. The van der Waals surface area contributed by atoms with Gasteiger partial charge in [0.25, 0.3) is 0 Å². The van der Waals surface area contributed by atoms with Crippen molar-refractivity contribution in [3.8, 4) is 0 Å². The van der Waals surface area contributed by atoms with Crippen molar-refractivity contribution in [2.45, 2.75) is 32.1 Å². The van der Waals surface area contributed by atoms with Gasteiger partial charge in [0.15, 0.2) is 0 Å². The second-order valence-corrected chi connectivity index (χ2v) is 5.72. The molecule has 21 heavy (non-hydrogen) atoms. The first-order chi connectivity index (χ1) is 10.1. The van der Waals surface area contributed by atoms with Gasteiger partial charge in [0, 0.05) is 12.1 Å². The number of rotatable bonds is 5. The van der Waals surface area contributed by atoms with Crippen molar-refractivity contribution in [2.75, 3.05) is 13.1 Å². The van der Waals surface area contributed by atoms with Crippen molar-refractivity contribution < 1.29 is 13.6 Å². The Labute approximate surface area is 123 Å². The standard InChI is InChI=1S/C16H22F2N2O/c17-14-6-3-7-15(18)13(14)8-16(21)20-10-12-5-2-1-4-11(12)9-19/h3,6-7,11-12H,1-2,4-5,8-10,19H2,(H,20,21). The summed E-state index contributed by atoms with van der Waals surface area (Å²) < 4.78 is 27.0. The molecular weight excluding hydrogens is 274 g/mol. The van der Waals surface area contributed by atoms with Crippen molar-refractivity contribution >= 4 is 5.91 Å². The van der Waals surface area contributed by atoms with Crippen LogP contribution in [0.15, 0.2) is 18.2 Å². The van der Waals surface area contributed by atoms with Gasteiger partial charge in [-0.25, -0.2) is 8.78 Å². The molecular formula is C16H22F2N2O. The van der Waals surface area contributed by atoms with Crippen molar-refractivity contribution in [3.63, 3.8) is 0 Å². The molecule has 2 unspecified atom stereocenters. The van der Waals surface area contributed by atoms with E-state index in [0.29, 0.717) is 24.9 Å². The van der Waals surface area contributed by atoms with E-state index in [2.05, 4.69) is 5.32 Å². The van der Waals surface area contributed by atoms with Crippen molar-refractivity contribution in [1.82, 2.24) is 5.32 Å². The van der Waals surface area contributed by atoms with Crippen LogP contribution in [0.2, 0.25) is 0 Å². The van der Waals surface area contributed by atoms with Gasteiger partial charge < -0.3 is 11.1 Å². The number of amides is 1. The zero-order chi connectivity index (χ0) is 15.2. The number of nitrogens with two attached hydrogens (primary N) is 1. The Hall–Kier alpha value is -1.49. The Bertz CT molecular complexity index is 473. The smallest absolute Gasteiger partial charge is 0.224 e. The van der Waals surface area contributed by atoms with E-state index in [9.17, 15) is 13.6 Å². The predicted octanol–water partition coefficient (Wildman–Crippen LogP) is 2.39. The molecule has 5 heteroatoms. The average Bonchev–Trinajstić information content (AvgIpc) is 2.49. The molecule has 1 aromatic rings. The van der Waals surface area contributed by atoms with Gasteiger partial charge in [0.05, 0.1) is 6.42 Å². The zero-order valence-electron chi connectivity index (χ0n) is 12.1. The zero-order valence-corrected chi connectivity index (χ0v) is 12.1. The van der Waals surface area contributed by atoms with E-state index >= 15 is 0 Å². The van der Waals surface area contributed by atoms with E-state index in [1.807, 2.05) is 0 Å². The van der Waals surface area contributed by atoms with Crippen LogP contribution in [0.25, 0.3) is 0 Å². The average molecular weight is 296 g/mol. The van der Waals surface area contributed by atoms with E-state index in [1.54, 1.807) is 0 Å². The Balaban J connectivity index is 1.87. The van der Waals surface area contributed by atoms with E-state index < -0.39 is 11.6 Å². The Morgan fingerprint density at radius 3 is 2.43 bits per heavy atom. The van der Waals surface area contributed by atoms with Gasteiger partial charge in [0.1, 0.15) is 11.6 Å². The SMILES string of the molecule is NCC1CCCCC1CNC(=O)Cc1c(F)cccc1F. The lowest BCUT2D eigenvalue weighted by atomic mass is 9.79. The first-order valence-electron chi connectivity index (χ1n) is 7.51. The molecule has 116 valence electrons. The maximum Gasteiger partial charge on any atom is 0.224 e. The van der Waals surface area contributed by atoms with Crippen molar-refractivity contribution in [1.29, 1.82) is 0 Å². The maximum absolute atomic E-state index is 13.5. The second-order valence-electron chi connectivity index (χ2n) is 5.72. The molecule has 1 aliphatic carbocycles. The van der Waals surface area contributed by atoms with E-state index in [1.165, 1.54) is 12.5 Å². The molecule has 1 aromatic carbocycles. The van der Waals surface area contributed by atoms with Gasteiger partial charge in [0.2, 0.25) is 5.91 Å². The molecule has 1 amide bonds. The van der Waals surface area contributed by atoms with Gasteiger partial charge in [-0.05, 0) is 43.4 Å². The predicted molar refractivity (Wildman–Crippen MR) is 77.6 cm³/mol. The van der Waals surface area contributed by atoms with Gasteiger partial charge in [-0.3, -0.25) is 4.79 Å². The summed E-state index contributed by atoms with van der Waals surface area (Å²) in [7, 11) is 0. The summed E-state index contributed by atoms with van der Waals surface area (Å²) in [4.78, 5) is 11.9. The highest BCUT2D eigenvalue weighted by atomic mass is 19.1. The van der Waals surface area contributed by atoms with Gasteiger partial charge in [-0.1, -0.05) is 18.9 Å². The summed E-state index contributed by atoms with van der Waals surface area (Å²) in [6, 6.07) is 3.62. The Kier molecular flexibility index (Phi) is 5.67. The fourth-order valence-electron chi connectivity index (χ4n) is 3.03. The first-order valence-corrected chi connectivity index (χ1v) is 7.51. The van der Waals surface area contributed by atoms with Gasteiger partial charge in [-0.15, -0.1) is 0 Å². The highest BCUT2D eigenvalue weighted by Gasteiger charge is 2.24. The summed E-state index contributed by atoms with van der Waals surface area (Å²) in [5.41, 5.74) is 5.58. The minimum Gasteiger partial charge on any atom is -0.356 e. The molecule has 1 fully saturated rings. The van der Waals surface area contributed by atoms with Crippen LogP contribution in [-0.2, 0) is 11.2 Å². The Morgan fingerprint density at radius 2 is 1.81 bits per heavy atom. The maximum atomic E-state index is 13.5. The summed E-state index contributed by atoms with van der Waals surface area (Å²) in [5, 5.41) is 2.79. The molecule has 2 atom stereocenters. The number of hydrogen-bond donors (Lipinski definition) is 2. The van der Waals surface area contributed by atoms with Crippen LogP contribution in [-0.4, -0.2) is 19.0 Å². The number of carbonyl (C=O) groups is 1. The largest absolute Gasteiger partial charge is 0.356 e. The van der Waals surface area contributed by atoms with E-state index in [-0.39, 0.29) is 17.9 Å². The lowest BCUT2D eigenvalue weighted by molar-refractivity contribution is -0.120. The van der Waals surface area contributed by atoms with Crippen LogP contribution >= 0.6 is 0 Å². The molecule has 1 saturated carbocycles. The molecule has 1 aliphatic rings. The highest BCUT2D eigenvalue weighted by Crippen LogP contribution is 2.28. The molecule has 0 aliphatic heterocycles. The van der Waals surface area contributed by atoms with Gasteiger partial charge in [-0.2, -0.15) is 0 Å². The normalized spacial score (nSPS) is 22.0. The number of carbonyl (C=O) groups excluding carboxylic acids is 1. The monoisotopic (exact) mass is 296 g/mol. The lowest BCUT2D eigenvalue weighted by Gasteiger charge is -2.30. The molecule has 0 aromatic heterocycles. The van der Waals surface area contributed by atoms with E-state index in [0.717, 1.165) is 31.4 Å². The van der Waals surface area contributed by atoms with Crippen LogP contribution in [0.3, 0.4) is 0 Å². The fourth-order valence-corrected chi connectivity index (χ4v) is 3.03. The molecule has 0 spiro atoms. The van der Waals surface area contributed by atoms with Gasteiger partial charge >= 0.3 is 0 Å².